The zero-order valence-electron chi connectivity index (χ0n) is 10.2. The van der Waals surface area contributed by atoms with Crippen molar-refractivity contribution >= 4 is 11.8 Å². The molecule has 0 aliphatic carbocycles. The van der Waals surface area contributed by atoms with Crippen LogP contribution in [0.5, 0.6) is 0 Å². The molecule has 0 bridgehead atoms. The second-order valence-electron chi connectivity index (χ2n) is 5.17. The van der Waals surface area contributed by atoms with E-state index in [0.29, 0.717) is 5.92 Å². The van der Waals surface area contributed by atoms with E-state index in [2.05, 4.69) is 44.8 Å². The highest BCUT2D eigenvalue weighted by atomic mass is 32.2. The number of rotatable bonds is 4. The van der Waals surface area contributed by atoms with Crippen LogP contribution < -0.4 is 0 Å². The summed E-state index contributed by atoms with van der Waals surface area (Å²) in [6.45, 7) is 10.6. The van der Waals surface area contributed by atoms with Crippen molar-refractivity contribution in [1.82, 2.24) is 10.1 Å². The summed E-state index contributed by atoms with van der Waals surface area (Å²) in [6, 6.07) is 0. The van der Waals surface area contributed by atoms with Crippen molar-refractivity contribution in [2.75, 3.05) is 5.75 Å². The molecule has 0 spiro atoms. The van der Waals surface area contributed by atoms with E-state index in [0.717, 1.165) is 23.2 Å². The molecular weight excluding hydrogens is 208 g/mol. The monoisotopic (exact) mass is 228 g/mol. The highest BCUT2D eigenvalue weighted by molar-refractivity contribution is 7.98. The Hall–Kier alpha value is -0.510. The molecule has 1 aromatic heterocycles. The molecule has 0 N–H and O–H groups in total. The fourth-order valence-corrected chi connectivity index (χ4v) is 1.89. The number of aromatic nitrogens is 2. The number of hydrogen-bond donors (Lipinski definition) is 0. The van der Waals surface area contributed by atoms with E-state index in [1.807, 2.05) is 11.8 Å². The van der Waals surface area contributed by atoms with Crippen molar-refractivity contribution in [3.05, 3.63) is 11.7 Å². The average molecular weight is 228 g/mol. The van der Waals surface area contributed by atoms with Gasteiger partial charge in [0.1, 0.15) is 0 Å². The second kappa shape index (κ2) is 5.01. The Kier molecular flexibility index (Phi) is 4.20. The molecular formula is C11H20N2OS. The summed E-state index contributed by atoms with van der Waals surface area (Å²) < 4.78 is 5.21. The molecule has 0 aliphatic heterocycles. The molecule has 3 nitrogen and oxygen atoms in total. The molecule has 0 aromatic carbocycles. The van der Waals surface area contributed by atoms with Gasteiger partial charge >= 0.3 is 0 Å². The minimum absolute atomic E-state index is 0.0477. The molecule has 0 fully saturated rings. The van der Waals surface area contributed by atoms with Gasteiger partial charge in [0, 0.05) is 5.41 Å². The predicted octanol–water partition coefficient (Wildman–Crippen LogP) is 3.26. The van der Waals surface area contributed by atoms with Crippen LogP contribution in [0.15, 0.2) is 4.52 Å². The van der Waals surface area contributed by atoms with E-state index in [1.165, 1.54) is 0 Å². The molecule has 0 saturated heterocycles. The van der Waals surface area contributed by atoms with Gasteiger partial charge in [0.25, 0.3) is 0 Å². The first-order valence-corrected chi connectivity index (χ1v) is 6.46. The molecule has 0 unspecified atom stereocenters. The van der Waals surface area contributed by atoms with Crippen LogP contribution in [0.1, 0.15) is 46.3 Å². The molecule has 1 aromatic rings. The lowest BCUT2D eigenvalue weighted by molar-refractivity contribution is 0.319. The van der Waals surface area contributed by atoms with E-state index < -0.39 is 0 Å². The van der Waals surface area contributed by atoms with Gasteiger partial charge in [-0.05, 0) is 11.7 Å². The summed E-state index contributed by atoms with van der Waals surface area (Å²) in [6.07, 6.45) is 0. The quantitative estimate of drug-likeness (QED) is 0.793. The zero-order valence-corrected chi connectivity index (χ0v) is 11.0. The van der Waals surface area contributed by atoms with Crippen LogP contribution in [0.2, 0.25) is 0 Å². The van der Waals surface area contributed by atoms with Crippen molar-refractivity contribution in [3.8, 4) is 0 Å². The molecule has 1 heterocycles. The van der Waals surface area contributed by atoms with Gasteiger partial charge < -0.3 is 4.52 Å². The third-order valence-electron chi connectivity index (χ3n) is 1.79. The number of nitrogens with zero attached hydrogens (tertiary/aromatic N) is 2. The van der Waals surface area contributed by atoms with E-state index >= 15 is 0 Å². The van der Waals surface area contributed by atoms with E-state index in [-0.39, 0.29) is 5.41 Å². The largest absolute Gasteiger partial charge is 0.339 e. The molecule has 0 atom stereocenters. The lowest BCUT2D eigenvalue weighted by Crippen LogP contribution is -2.11. The van der Waals surface area contributed by atoms with Crippen LogP contribution in [0.3, 0.4) is 0 Å². The molecule has 0 aliphatic rings. The summed E-state index contributed by atoms with van der Waals surface area (Å²) in [5, 5.41) is 3.97. The van der Waals surface area contributed by atoms with Crippen molar-refractivity contribution < 1.29 is 4.52 Å². The average Bonchev–Trinajstić information content (AvgIpc) is 2.51. The van der Waals surface area contributed by atoms with Gasteiger partial charge in [0.15, 0.2) is 5.82 Å². The molecule has 15 heavy (non-hydrogen) atoms. The maximum atomic E-state index is 5.21. The number of hydrogen-bond acceptors (Lipinski definition) is 4. The topological polar surface area (TPSA) is 38.9 Å². The van der Waals surface area contributed by atoms with Crippen molar-refractivity contribution in [1.29, 1.82) is 0 Å². The minimum Gasteiger partial charge on any atom is -0.339 e. The number of thioether (sulfide) groups is 1. The van der Waals surface area contributed by atoms with Gasteiger partial charge in [0.05, 0.1) is 5.75 Å². The van der Waals surface area contributed by atoms with E-state index in [1.54, 1.807) is 0 Å². The zero-order chi connectivity index (χ0) is 11.5. The van der Waals surface area contributed by atoms with Gasteiger partial charge in [0.2, 0.25) is 5.89 Å². The fraction of sp³-hybridized carbons (Fsp3) is 0.818. The van der Waals surface area contributed by atoms with Crippen molar-refractivity contribution in [2.45, 2.75) is 45.8 Å². The lowest BCUT2D eigenvalue weighted by Gasteiger charge is -2.10. The lowest BCUT2D eigenvalue weighted by atomic mass is 9.97. The molecule has 0 saturated carbocycles. The summed E-state index contributed by atoms with van der Waals surface area (Å²) in [5.74, 6) is 4.23. The molecule has 86 valence electrons. The summed E-state index contributed by atoms with van der Waals surface area (Å²) in [7, 11) is 0. The maximum absolute atomic E-state index is 5.21. The van der Waals surface area contributed by atoms with Crippen LogP contribution in [-0.2, 0) is 11.2 Å². The Bertz CT molecular complexity index is 302. The van der Waals surface area contributed by atoms with Gasteiger partial charge in [-0.2, -0.15) is 16.7 Å². The normalized spacial score (nSPS) is 12.4. The van der Waals surface area contributed by atoms with Crippen molar-refractivity contribution in [2.24, 2.45) is 5.92 Å². The van der Waals surface area contributed by atoms with E-state index in [9.17, 15) is 0 Å². The third kappa shape index (κ3) is 4.24. The predicted molar refractivity (Wildman–Crippen MR) is 64.0 cm³/mol. The Labute approximate surface area is 96.0 Å². The first-order valence-electron chi connectivity index (χ1n) is 5.30. The van der Waals surface area contributed by atoms with Crippen LogP contribution >= 0.6 is 11.8 Å². The van der Waals surface area contributed by atoms with Gasteiger partial charge in [-0.15, -0.1) is 0 Å². The SMILES string of the molecule is CC(C)CSCc1noc(C(C)(C)C)n1. The third-order valence-corrected chi connectivity index (χ3v) is 3.16. The summed E-state index contributed by atoms with van der Waals surface area (Å²) >= 11 is 1.85. The standard InChI is InChI=1S/C11H20N2OS/c1-8(2)6-15-7-9-12-10(14-13-9)11(3,4)5/h8H,6-7H2,1-5H3. The van der Waals surface area contributed by atoms with Crippen LogP contribution in [-0.4, -0.2) is 15.9 Å². The fourth-order valence-electron chi connectivity index (χ4n) is 1.00. The van der Waals surface area contributed by atoms with Crippen LogP contribution in [0, 0.1) is 5.92 Å². The molecule has 1 rings (SSSR count). The Balaban J connectivity index is 2.47. The van der Waals surface area contributed by atoms with Crippen LogP contribution in [0.4, 0.5) is 0 Å². The van der Waals surface area contributed by atoms with Gasteiger partial charge in [-0.25, -0.2) is 0 Å². The Morgan fingerprint density at radius 1 is 1.33 bits per heavy atom. The summed E-state index contributed by atoms with van der Waals surface area (Å²) in [5.41, 5.74) is -0.0477. The minimum atomic E-state index is -0.0477. The maximum Gasteiger partial charge on any atom is 0.232 e. The smallest absolute Gasteiger partial charge is 0.232 e. The van der Waals surface area contributed by atoms with Gasteiger partial charge in [-0.3, -0.25) is 0 Å². The molecule has 4 heteroatoms. The summed E-state index contributed by atoms with van der Waals surface area (Å²) in [4.78, 5) is 4.38. The first-order chi connectivity index (χ1) is 6.89. The van der Waals surface area contributed by atoms with Crippen LogP contribution in [0.25, 0.3) is 0 Å². The van der Waals surface area contributed by atoms with E-state index in [4.69, 9.17) is 4.52 Å². The first kappa shape index (κ1) is 12.6. The Morgan fingerprint density at radius 2 is 2.00 bits per heavy atom. The highest BCUT2D eigenvalue weighted by Crippen LogP contribution is 2.21. The molecule has 0 amide bonds. The van der Waals surface area contributed by atoms with Crippen molar-refractivity contribution in [3.63, 3.8) is 0 Å². The highest BCUT2D eigenvalue weighted by Gasteiger charge is 2.21. The Morgan fingerprint density at radius 3 is 2.47 bits per heavy atom. The van der Waals surface area contributed by atoms with Gasteiger partial charge in [-0.1, -0.05) is 39.8 Å². The molecule has 0 radical (unpaired) electrons. The second-order valence-corrected chi connectivity index (χ2v) is 6.20.